The number of amides is 1. The molecule has 1 rings (SSSR count). The van der Waals surface area contributed by atoms with Crippen LogP contribution in [0.15, 0.2) is 0 Å². The lowest BCUT2D eigenvalue weighted by Gasteiger charge is -2.11. The predicted molar refractivity (Wildman–Crippen MR) is 50.2 cm³/mol. The van der Waals surface area contributed by atoms with Crippen LogP contribution in [0.1, 0.15) is 13.8 Å². The molecule has 0 aromatic heterocycles. The number of carboxylic acid groups (broad SMARTS) is 1. The van der Waals surface area contributed by atoms with Crippen LogP contribution in [0.3, 0.4) is 0 Å². The fourth-order valence-electron chi connectivity index (χ4n) is 1.88. The third-order valence-electron chi connectivity index (χ3n) is 2.71. The monoisotopic (exact) mass is 200 g/mol. The van der Waals surface area contributed by atoms with E-state index in [4.69, 9.17) is 5.11 Å². The first-order chi connectivity index (χ1) is 6.28. The van der Waals surface area contributed by atoms with Crippen molar-refractivity contribution in [1.82, 2.24) is 10.4 Å². The van der Waals surface area contributed by atoms with Gasteiger partial charge in [0.2, 0.25) is 5.91 Å². The first-order valence-corrected chi connectivity index (χ1v) is 4.49. The highest BCUT2D eigenvalue weighted by molar-refractivity contribution is 5.91. The Bertz CT molecular complexity index is 273. The smallest absolute Gasteiger partial charge is 0.307 e. The molecule has 5 nitrogen and oxygen atoms in total. The maximum atomic E-state index is 11.5. The van der Waals surface area contributed by atoms with Crippen molar-refractivity contribution in [2.24, 2.45) is 17.3 Å². The predicted octanol–water partition coefficient (Wildman–Crippen LogP) is -0.0640. The van der Waals surface area contributed by atoms with Gasteiger partial charge in [0.05, 0.1) is 11.8 Å². The molecule has 1 saturated carbocycles. The second-order valence-electron chi connectivity index (χ2n) is 4.49. The highest BCUT2D eigenvalue weighted by atomic mass is 16.4. The lowest BCUT2D eigenvalue weighted by atomic mass is 10.1. The summed E-state index contributed by atoms with van der Waals surface area (Å²) in [5, 5.41) is 10.4. The van der Waals surface area contributed by atoms with Gasteiger partial charge in [-0.25, -0.2) is 5.01 Å². The molecule has 0 bridgehead atoms. The number of carboxylic acids is 1. The number of nitrogens with zero attached hydrogens (tertiary/aromatic N) is 1. The Morgan fingerprint density at radius 3 is 2.07 bits per heavy atom. The Balaban J connectivity index is 2.64. The van der Waals surface area contributed by atoms with Crippen LogP contribution in [0.4, 0.5) is 0 Å². The van der Waals surface area contributed by atoms with Crippen LogP contribution in [0.25, 0.3) is 0 Å². The standard InChI is InChI=1S/C9H16N2O3/c1-9(2)5(6(9)8(13)14)7(12)10-11(3)4/h5-6H,1-4H3,(H,10,12)(H,13,14). The van der Waals surface area contributed by atoms with E-state index in [-0.39, 0.29) is 5.91 Å². The van der Waals surface area contributed by atoms with Crippen LogP contribution >= 0.6 is 0 Å². The average Bonchev–Trinajstić information content (AvgIpc) is 2.51. The number of hydrazine groups is 1. The molecule has 1 fully saturated rings. The molecule has 2 N–H and O–H groups in total. The summed E-state index contributed by atoms with van der Waals surface area (Å²) in [6.45, 7) is 3.59. The van der Waals surface area contributed by atoms with Crippen LogP contribution in [0, 0.1) is 17.3 Å². The summed E-state index contributed by atoms with van der Waals surface area (Å²) < 4.78 is 0. The van der Waals surface area contributed by atoms with Crippen molar-refractivity contribution < 1.29 is 14.7 Å². The first kappa shape index (κ1) is 11.0. The van der Waals surface area contributed by atoms with Crippen LogP contribution in [0.5, 0.6) is 0 Å². The van der Waals surface area contributed by atoms with E-state index in [1.54, 1.807) is 27.9 Å². The third-order valence-corrected chi connectivity index (χ3v) is 2.71. The molecule has 0 aromatic rings. The summed E-state index contributed by atoms with van der Waals surface area (Å²) in [6.07, 6.45) is 0. The molecule has 2 atom stereocenters. The van der Waals surface area contributed by atoms with Gasteiger partial charge in [0.1, 0.15) is 0 Å². The lowest BCUT2D eigenvalue weighted by Crippen LogP contribution is -2.38. The Hall–Kier alpha value is -1.10. The minimum Gasteiger partial charge on any atom is -0.481 e. The van der Waals surface area contributed by atoms with Gasteiger partial charge in [0.15, 0.2) is 0 Å². The van der Waals surface area contributed by atoms with E-state index < -0.39 is 23.2 Å². The minimum atomic E-state index is -0.895. The fraction of sp³-hybridized carbons (Fsp3) is 0.778. The molecule has 1 aliphatic carbocycles. The van der Waals surface area contributed by atoms with E-state index >= 15 is 0 Å². The topological polar surface area (TPSA) is 69.6 Å². The Morgan fingerprint density at radius 2 is 1.79 bits per heavy atom. The second-order valence-corrected chi connectivity index (χ2v) is 4.49. The maximum absolute atomic E-state index is 11.5. The molecular formula is C9H16N2O3. The summed E-state index contributed by atoms with van der Waals surface area (Å²) in [5.74, 6) is -2.08. The van der Waals surface area contributed by atoms with Crippen molar-refractivity contribution in [2.45, 2.75) is 13.8 Å². The molecule has 5 heteroatoms. The quantitative estimate of drug-likeness (QED) is 0.626. The van der Waals surface area contributed by atoms with E-state index in [2.05, 4.69) is 5.43 Å². The van der Waals surface area contributed by atoms with Crippen LogP contribution in [0.2, 0.25) is 0 Å². The summed E-state index contributed by atoms with van der Waals surface area (Å²) >= 11 is 0. The van der Waals surface area contributed by atoms with Crippen molar-refractivity contribution in [3.63, 3.8) is 0 Å². The molecule has 80 valence electrons. The largest absolute Gasteiger partial charge is 0.481 e. The Kier molecular flexibility index (Phi) is 2.54. The number of carbonyl (C=O) groups excluding carboxylic acids is 1. The first-order valence-electron chi connectivity index (χ1n) is 4.49. The third kappa shape index (κ3) is 1.72. The molecule has 14 heavy (non-hydrogen) atoms. The number of hydrogen-bond acceptors (Lipinski definition) is 3. The Morgan fingerprint density at radius 1 is 1.29 bits per heavy atom. The van der Waals surface area contributed by atoms with Crippen molar-refractivity contribution in [3.05, 3.63) is 0 Å². The summed E-state index contributed by atoms with van der Waals surface area (Å²) in [5.41, 5.74) is 2.15. The molecular weight excluding hydrogens is 184 g/mol. The normalized spacial score (nSPS) is 28.6. The zero-order valence-electron chi connectivity index (χ0n) is 8.87. The van der Waals surface area contributed by atoms with E-state index in [1.165, 1.54) is 5.01 Å². The molecule has 0 heterocycles. The number of hydrogen-bond donors (Lipinski definition) is 2. The second kappa shape index (κ2) is 3.24. The average molecular weight is 200 g/mol. The van der Waals surface area contributed by atoms with E-state index in [0.29, 0.717) is 0 Å². The zero-order valence-corrected chi connectivity index (χ0v) is 8.87. The molecule has 0 aromatic carbocycles. The van der Waals surface area contributed by atoms with Crippen LogP contribution in [-0.2, 0) is 9.59 Å². The van der Waals surface area contributed by atoms with Gasteiger partial charge < -0.3 is 5.11 Å². The highest BCUT2D eigenvalue weighted by Gasteiger charge is 2.65. The number of carbonyl (C=O) groups is 2. The molecule has 1 aliphatic rings. The van der Waals surface area contributed by atoms with E-state index in [0.717, 1.165) is 0 Å². The molecule has 0 saturated heterocycles. The highest BCUT2D eigenvalue weighted by Crippen LogP contribution is 2.58. The van der Waals surface area contributed by atoms with Crippen LogP contribution in [-0.4, -0.2) is 36.1 Å². The van der Waals surface area contributed by atoms with Gasteiger partial charge in [-0.3, -0.25) is 15.0 Å². The number of rotatable bonds is 3. The van der Waals surface area contributed by atoms with Crippen molar-refractivity contribution in [1.29, 1.82) is 0 Å². The van der Waals surface area contributed by atoms with Gasteiger partial charge in [-0.2, -0.15) is 0 Å². The fourth-order valence-corrected chi connectivity index (χ4v) is 1.88. The SMILES string of the molecule is CN(C)NC(=O)C1C(C(=O)O)C1(C)C. The van der Waals surface area contributed by atoms with Crippen molar-refractivity contribution >= 4 is 11.9 Å². The molecule has 2 unspecified atom stereocenters. The van der Waals surface area contributed by atoms with Gasteiger partial charge in [0, 0.05) is 14.1 Å². The van der Waals surface area contributed by atoms with Gasteiger partial charge in [-0.15, -0.1) is 0 Å². The molecule has 0 aliphatic heterocycles. The van der Waals surface area contributed by atoms with Crippen LogP contribution < -0.4 is 5.43 Å². The maximum Gasteiger partial charge on any atom is 0.307 e. The Labute approximate surface area is 83.1 Å². The number of aliphatic carboxylic acids is 1. The van der Waals surface area contributed by atoms with E-state index in [9.17, 15) is 9.59 Å². The minimum absolute atomic E-state index is 0.215. The summed E-state index contributed by atoms with van der Waals surface area (Å²) in [6, 6.07) is 0. The molecule has 0 spiro atoms. The summed E-state index contributed by atoms with van der Waals surface area (Å²) in [4.78, 5) is 22.3. The lowest BCUT2D eigenvalue weighted by molar-refractivity contribution is -0.141. The zero-order chi connectivity index (χ0) is 11.1. The van der Waals surface area contributed by atoms with Gasteiger partial charge in [-0.05, 0) is 5.41 Å². The number of nitrogens with one attached hydrogen (secondary N) is 1. The molecule has 1 amide bonds. The van der Waals surface area contributed by atoms with Gasteiger partial charge in [0.25, 0.3) is 0 Å². The van der Waals surface area contributed by atoms with Crippen molar-refractivity contribution in [2.75, 3.05) is 14.1 Å². The van der Waals surface area contributed by atoms with Crippen molar-refractivity contribution in [3.8, 4) is 0 Å². The van der Waals surface area contributed by atoms with Gasteiger partial charge >= 0.3 is 5.97 Å². The van der Waals surface area contributed by atoms with Gasteiger partial charge in [-0.1, -0.05) is 13.8 Å². The summed E-state index contributed by atoms with van der Waals surface area (Å²) in [7, 11) is 3.39. The van der Waals surface area contributed by atoms with E-state index in [1.807, 2.05) is 0 Å². The molecule has 0 radical (unpaired) electrons.